The third-order valence-electron chi connectivity index (χ3n) is 3.23. The van der Waals surface area contributed by atoms with Crippen LogP contribution in [0.4, 0.5) is 0 Å². The lowest BCUT2D eigenvalue weighted by atomic mass is 10.2. The standard InChI is InChI=1S/C16H16Cl3N2O2P/c17-16(18,19)15(22)24(23,20-11-13-7-3-1-4-8-13)21-12-14-9-5-2-6-10-14/h1-10H,11-12H2,(H2,20,21,23). The van der Waals surface area contributed by atoms with Crippen molar-refractivity contribution in [2.75, 3.05) is 0 Å². The average molecular weight is 406 g/mol. The molecule has 128 valence electrons. The Balaban J connectivity index is 2.14. The summed E-state index contributed by atoms with van der Waals surface area (Å²) in [6.07, 6.45) is 0. The number of hydrogen-bond acceptors (Lipinski definition) is 2. The highest BCUT2D eigenvalue weighted by molar-refractivity contribution is 7.78. The van der Waals surface area contributed by atoms with Gasteiger partial charge >= 0.3 is 0 Å². The van der Waals surface area contributed by atoms with Crippen LogP contribution >= 0.6 is 42.2 Å². The summed E-state index contributed by atoms with van der Waals surface area (Å²) >= 11 is 17.0. The summed E-state index contributed by atoms with van der Waals surface area (Å²) in [5.74, 6) is 0. The zero-order valence-electron chi connectivity index (χ0n) is 12.6. The van der Waals surface area contributed by atoms with Gasteiger partial charge in [-0.2, -0.15) is 0 Å². The summed E-state index contributed by atoms with van der Waals surface area (Å²) in [6, 6.07) is 18.5. The van der Waals surface area contributed by atoms with Crippen molar-refractivity contribution in [1.29, 1.82) is 0 Å². The molecule has 0 radical (unpaired) electrons. The van der Waals surface area contributed by atoms with Crippen LogP contribution in [-0.2, 0) is 22.4 Å². The highest BCUT2D eigenvalue weighted by Crippen LogP contribution is 2.47. The normalized spacial score (nSPS) is 12.1. The largest absolute Gasteiger partial charge is 0.283 e. The summed E-state index contributed by atoms with van der Waals surface area (Å²) in [5, 5.41) is 5.46. The quantitative estimate of drug-likeness (QED) is 0.520. The van der Waals surface area contributed by atoms with Gasteiger partial charge in [0.25, 0.3) is 16.8 Å². The molecule has 0 saturated heterocycles. The van der Waals surface area contributed by atoms with Crippen molar-refractivity contribution in [3.05, 3.63) is 71.8 Å². The van der Waals surface area contributed by atoms with Crippen molar-refractivity contribution in [2.45, 2.75) is 16.9 Å². The number of rotatable bonds is 7. The van der Waals surface area contributed by atoms with E-state index in [1.807, 2.05) is 60.7 Å². The van der Waals surface area contributed by atoms with E-state index < -0.39 is 16.8 Å². The van der Waals surface area contributed by atoms with Crippen molar-refractivity contribution < 1.29 is 9.36 Å². The van der Waals surface area contributed by atoms with Crippen LogP contribution < -0.4 is 10.2 Å². The van der Waals surface area contributed by atoms with Crippen LogP contribution in [-0.4, -0.2) is 9.32 Å². The molecule has 0 aliphatic carbocycles. The second-order valence-electron chi connectivity index (χ2n) is 5.05. The summed E-state index contributed by atoms with van der Waals surface area (Å²) in [6.45, 7) is 0.402. The lowest BCUT2D eigenvalue weighted by Crippen LogP contribution is -2.33. The van der Waals surface area contributed by atoms with Crippen LogP contribution in [0.3, 0.4) is 0 Å². The van der Waals surface area contributed by atoms with Gasteiger partial charge in [0.1, 0.15) is 0 Å². The van der Waals surface area contributed by atoms with Crippen molar-refractivity contribution in [3.8, 4) is 0 Å². The molecule has 0 amide bonds. The third-order valence-corrected chi connectivity index (χ3v) is 6.25. The fraction of sp³-hybridized carbons (Fsp3) is 0.188. The predicted octanol–water partition coefficient (Wildman–Crippen LogP) is 4.66. The second-order valence-corrected chi connectivity index (χ2v) is 9.59. The van der Waals surface area contributed by atoms with Gasteiger partial charge in [-0.05, 0) is 11.1 Å². The number of hydrogen-bond donors (Lipinski definition) is 2. The monoisotopic (exact) mass is 404 g/mol. The average Bonchev–Trinajstić information content (AvgIpc) is 2.58. The molecule has 0 fully saturated rings. The van der Waals surface area contributed by atoms with Crippen LogP contribution in [0.1, 0.15) is 11.1 Å². The van der Waals surface area contributed by atoms with Gasteiger partial charge in [0.15, 0.2) is 0 Å². The maximum Gasteiger partial charge on any atom is 0.280 e. The number of benzene rings is 2. The molecule has 0 spiro atoms. The molecule has 2 N–H and O–H groups in total. The van der Waals surface area contributed by atoms with Gasteiger partial charge in [-0.25, -0.2) is 10.2 Å². The first kappa shape index (κ1) is 19.5. The lowest BCUT2D eigenvalue weighted by Gasteiger charge is -2.23. The van der Waals surface area contributed by atoms with Gasteiger partial charge in [-0.1, -0.05) is 95.5 Å². The molecule has 0 bridgehead atoms. The van der Waals surface area contributed by atoms with Crippen molar-refractivity contribution in [3.63, 3.8) is 0 Å². The van der Waals surface area contributed by atoms with E-state index in [1.165, 1.54) is 0 Å². The maximum absolute atomic E-state index is 13.1. The Morgan fingerprint density at radius 2 is 1.21 bits per heavy atom. The maximum atomic E-state index is 13.1. The highest BCUT2D eigenvalue weighted by atomic mass is 35.6. The van der Waals surface area contributed by atoms with Gasteiger partial charge in [0.2, 0.25) is 0 Å². The number of alkyl halides is 3. The zero-order valence-corrected chi connectivity index (χ0v) is 15.7. The Bertz CT molecular complexity index is 674. The topological polar surface area (TPSA) is 58.2 Å². The van der Waals surface area contributed by atoms with Crippen LogP contribution in [0.5, 0.6) is 0 Å². The summed E-state index contributed by atoms with van der Waals surface area (Å²) in [4.78, 5) is 12.3. The van der Waals surface area contributed by atoms with Gasteiger partial charge < -0.3 is 0 Å². The predicted molar refractivity (Wildman–Crippen MR) is 99.5 cm³/mol. The summed E-state index contributed by atoms with van der Waals surface area (Å²) in [5.41, 5.74) is 0.722. The second kappa shape index (κ2) is 8.48. The molecular formula is C16H16Cl3N2O2P. The van der Waals surface area contributed by atoms with E-state index in [-0.39, 0.29) is 13.1 Å². The van der Waals surface area contributed by atoms with E-state index in [9.17, 15) is 9.36 Å². The summed E-state index contributed by atoms with van der Waals surface area (Å²) < 4.78 is 10.8. The molecule has 0 aliphatic heterocycles. The molecular weight excluding hydrogens is 390 g/mol. The number of carbonyl (C=O) groups is 1. The van der Waals surface area contributed by atoms with E-state index in [1.54, 1.807) is 0 Å². The molecule has 0 unspecified atom stereocenters. The van der Waals surface area contributed by atoms with Gasteiger partial charge in [0, 0.05) is 13.1 Å². The summed E-state index contributed by atoms with van der Waals surface area (Å²) in [7, 11) is -3.80. The number of nitrogens with one attached hydrogen (secondary N) is 2. The fourth-order valence-corrected chi connectivity index (χ4v) is 4.61. The lowest BCUT2D eigenvalue weighted by molar-refractivity contribution is -0.111. The fourth-order valence-electron chi connectivity index (χ4n) is 1.97. The Hall–Kier alpha value is -0.870. The minimum atomic E-state index is -3.80. The Labute approximate surface area is 156 Å². The molecule has 2 aromatic carbocycles. The van der Waals surface area contributed by atoms with Crippen LogP contribution in [0.15, 0.2) is 60.7 Å². The Kier molecular flexibility index (Phi) is 6.88. The molecule has 0 aromatic heterocycles. The molecule has 0 aliphatic rings. The van der Waals surface area contributed by atoms with Crippen molar-refractivity contribution in [2.24, 2.45) is 0 Å². The Morgan fingerprint density at radius 3 is 1.54 bits per heavy atom. The molecule has 2 aromatic rings. The first-order chi connectivity index (χ1) is 11.3. The van der Waals surface area contributed by atoms with Crippen molar-refractivity contribution in [1.82, 2.24) is 10.2 Å². The first-order valence-corrected chi connectivity index (χ1v) is 9.95. The molecule has 0 atom stereocenters. The molecule has 0 saturated carbocycles. The van der Waals surface area contributed by atoms with E-state index in [4.69, 9.17) is 34.8 Å². The molecule has 24 heavy (non-hydrogen) atoms. The van der Waals surface area contributed by atoms with Gasteiger partial charge in [0.05, 0.1) is 0 Å². The van der Waals surface area contributed by atoms with Crippen LogP contribution in [0.25, 0.3) is 0 Å². The van der Waals surface area contributed by atoms with E-state index >= 15 is 0 Å². The molecule has 0 heterocycles. The minimum Gasteiger partial charge on any atom is -0.283 e. The smallest absolute Gasteiger partial charge is 0.280 e. The van der Waals surface area contributed by atoms with E-state index in [0.29, 0.717) is 0 Å². The minimum absolute atomic E-state index is 0.201. The first-order valence-electron chi connectivity index (χ1n) is 7.11. The van der Waals surface area contributed by atoms with Gasteiger partial charge in [-0.15, -0.1) is 0 Å². The molecule has 2 rings (SSSR count). The third kappa shape index (κ3) is 5.59. The van der Waals surface area contributed by atoms with E-state index in [2.05, 4.69) is 10.2 Å². The number of halogens is 3. The van der Waals surface area contributed by atoms with Crippen molar-refractivity contribution >= 4 is 47.8 Å². The van der Waals surface area contributed by atoms with Crippen LogP contribution in [0.2, 0.25) is 0 Å². The Morgan fingerprint density at radius 1 is 0.833 bits per heavy atom. The molecule has 4 nitrogen and oxygen atoms in total. The highest BCUT2D eigenvalue weighted by Gasteiger charge is 2.44. The SMILES string of the molecule is O=C(C(Cl)(Cl)Cl)P(=O)(NCc1ccccc1)NCc1ccccc1. The van der Waals surface area contributed by atoms with E-state index in [0.717, 1.165) is 11.1 Å². The number of carbonyl (C=O) groups excluding carboxylic acids is 1. The zero-order chi connectivity index (χ0) is 17.6. The van der Waals surface area contributed by atoms with Gasteiger partial charge in [-0.3, -0.25) is 9.36 Å². The van der Waals surface area contributed by atoms with Crippen LogP contribution in [0, 0.1) is 0 Å². The molecule has 8 heteroatoms.